The molecular formula is C11H10ClN3O. The van der Waals surface area contributed by atoms with Gasteiger partial charge < -0.3 is 0 Å². The third-order valence-corrected chi connectivity index (χ3v) is 2.72. The molecule has 2 rings (SSSR count). The zero-order valence-corrected chi connectivity index (χ0v) is 9.38. The van der Waals surface area contributed by atoms with E-state index in [0.717, 1.165) is 16.5 Å². The Bertz CT molecular complexity index is 568. The van der Waals surface area contributed by atoms with Crippen LogP contribution in [0, 0.1) is 6.92 Å². The lowest BCUT2D eigenvalue weighted by Crippen LogP contribution is -2.30. The quantitative estimate of drug-likeness (QED) is 0.450. The van der Waals surface area contributed by atoms with Crippen LogP contribution in [0.4, 0.5) is 0 Å². The Morgan fingerprint density at radius 2 is 2.25 bits per heavy atom. The summed E-state index contributed by atoms with van der Waals surface area (Å²) in [5, 5.41) is 1.32. The Morgan fingerprint density at radius 3 is 2.94 bits per heavy atom. The van der Waals surface area contributed by atoms with Crippen molar-refractivity contribution in [2.45, 2.75) is 6.92 Å². The van der Waals surface area contributed by atoms with E-state index in [4.69, 9.17) is 17.4 Å². The third-order valence-electron chi connectivity index (χ3n) is 2.39. The number of hydrogen-bond donors (Lipinski definition) is 2. The molecule has 3 N–H and O–H groups in total. The Hall–Kier alpha value is -1.65. The smallest absolute Gasteiger partial charge is 0.266 e. The van der Waals surface area contributed by atoms with Crippen LogP contribution in [0.25, 0.3) is 10.9 Å². The fraction of sp³-hybridized carbons (Fsp3) is 0.0909. The molecule has 1 aromatic heterocycles. The van der Waals surface area contributed by atoms with Gasteiger partial charge in [0.25, 0.3) is 5.91 Å². The van der Waals surface area contributed by atoms with E-state index in [2.05, 4.69) is 10.4 Å². The molecule has 16 heavy (non-hydrogen) atoms. The van der Waals surface area contributed by atoms with Gasteiger partial charge in [-0.15, -0.1) is 0 Å². The maximum absolute atomic E-state index is 11.3. The summed E-state index contributed by atoms with van der Waals surface area (Å²) in [4.78, 5) is 15.5. The van der Waals surface area contributed by atoms with Crippen LogP contribution in [0.1, 0.15) is 15.9 Å². The van der Waals surface area contributed by atoms with Crippen molar-refractivity contribution in [1.29, 1.82) is 0 Å². The fourth-order valence-electron chi connectivity index (χ4n) is 1.54. The molecule has 0 fully saturated rings. The molecule has 0 unspecified atom stereocenters. The van der Waals surface area contributed by atoms with Crippen LogP contribution in [0.5, 0.6) is 0 Å². The summed E-state index contributed by atoms with van der Waals surface area (Å²) in [6.07, 6.45) is 1.48. The SMILES string of the molecule is Cc1ccc(Cl)c2cc(C(=O)NN)cnc12. The molecule has 0 aliphatic carbocycles. The molecule has 1 amide bonds. The van der Waals surface area contributed by atoms with Gasteiger partial charge in [0.1, 0.15) is 0 Å². The Balaban J connectivity index is 2.70. The first kappa shape index (κ1) is 10.9. The minimum absolute atomic E-state index is 0.382. The number of hydrazine groups is 1. The average Bonchev–Trinajstić information content (AvgIpc) is 2.32. The van der Waals surface area contributed by atoms with Gasteiger partial charge in [-0.1, -0.05) is 17.7 Å². The van der Waals surface area contributed by atoms with Gasteiger partial charge in [0, 0.05) is 11.6 Å². The molecule has 0 radical (unpaired) electrons. The molecule has 0 saturated heterocycles. The number of aromatic nitrogens is 1. The molecule has 0 saturated carbocycles. The number of aryl methyl sites for hydroxylation is 1. The van der Waals surface area contributed by atoms with Crippen molar-refractivity contribution in [3.05, 3.63) is 40.5 Å². The number of hydrogen-bond acceptors (Lipinski definition) is 3. The highest BCUT2D eigenvalue weighted by molar-refractivity contribution is 6.35. The number of halogens is 1. The number of benzene rings is 1. The Kier molecular flexibility index (Phi) is 2.77. The fourth-order valence-corrected chi connectivity index (χ4v) is 1.74. The number of rotatable bonds is 1. The molecule has 1 heterocycles. The number of fused-ring (bicyclic) bond motifs is 1. The second kappa shape index (κ2) is 4.08. The molecule has 2 aromatic rings. The van der Waals surface area contributed by atoms with Gasteiger partial charge in [0.2, 0.25) is 0 Å². The third kappa shape index (κ3) is 1.73. The monoisotopic (exact) mass is 235 g/mol. The summed E-state index contributed by atoms with van der Waals surface area (Å²) in [5.41, 5.74) is 4.25. The number of nitrogens with two attached hydrogens (primary N) is 1. The number of pyridine rings is 1. The van der Waals surface area contributed by atoms with Gasteiger partial charge in [0.15, 0.2) is 0 Å². The normalized spacial score (nSPS) is 10.4. The predicted octanol–water partition coefficient (Wildman–Crippen LogP) is 1.80. The van der Waals surface area contributed by atoms with Crippen LogP contribution in [0.15, 0.2) is 24.4 Å². The van der Waals surface area contributed by atoms with Crippen molar-refractivity contribution in [3.63, 3.8) is 0 Å². The van der Waals surface area contributed by atoms with Gasteiger partial charge >= 0.3 is 0 Å². The number of carbonyl (C=O) groups is 1. The molecule has 0 aliphatic heterocycles. The minimum atomic E-state index is -0.382. The van der Waals surface area contributed by atoms with E-state index in [0.29, 0.717) is 10.6 Å². The molecule has 0 spiro atoms. The van der Waals surface area contributed by atoms with Crippen molar-refractivity contribution in [2.75, 3.05) is 0 Å². The van der Waals surface area contributed by atoms with Crippen LogP contribution >= 0.6 is 11.6 Å². The topological polar surface area (TPSA) is 68.0 Å². The molecule has 5 heteroatoms. The number of carbonyl (C=O) groups excluding carboxylic acids is 1. The van der Waals surface area contributed by atoms with Gasteiger partial charge in [-0.2, -0.15) is 0 Å². The summed E-state index contributed by atoms with van der Waals surface area (Å²) in [7, 11) is 0. The number of amides is 1. The molecule has 4 nitrogen and oxygen atoms in total. The van der Waals surface area contributed by atoms with E-state index < -0.39 is 0 Å². The highest BCUT2D eigenvalue weighted by atomic mass is 35.5. The van der Waals surface area contributed by atoms with E-state index in [1.807, 2.05) is 13.0 Å². The molecule has 0 bridgehead atoms. The lowest BCUT2D eigenvalue weighted by atomic mass is 10.1. The lowest BCUT2D eigenvalue weighted by Gasteiger charge is -2.05. The zero-order valence-electron chi connectivity index (χ0n) is 8.62. The maximum atomic E-state index is 11.3. The molecular weight excluding hydrogens is 226 g/mol. The van der Waals surface area contributed by atoms with Crippen LogP contribution in [0.2, 0.25) is 5.02 Å². The molecule has 0 aliphatic rings. The van der Waals surface area contributed by atoms with Crippen LogP contribution in [-0.2, 0) is 0 Å². The average molecular weight is 236 g/mol. The first-order chi connectivity index (χ1) is 7.63. The van der Waals surface area contributed by atoms with Crippen LogP contribution < -0.4 is 11.3 Å². The zero-order chi connectivity index (χ0) is 11.7. The number of nitrogen functional groups attached to an aromatic ring is 1. The molecule has 1 aromatic carbocycles. The maximum Gasteiger partial charge on any atom is 0.266 e. The van der Waals surface area contributed by atoms with Gasteiger partial charge in [-0.25, -0.2) is 5.84 Å². The highest BCUT2D eigenvalue weighted by Gasteiger charge is 2.08. The van der Waals surface area contributed by atoms with Crippen LogP contribution in [0.3, 0.4) is 0 Å². The molecule has 0 atom stereocenters. The summed E-state index contributed by atoms with van der Waals surface area (Å²) in [5.74, 6) is 4.67. The summed E-state index contributed by atoms with van der Waals surface area (Å²) in [6, 6.07) is 5.35. The first-order valence-electron chi connectivity index (χ1n) is 4.69. The van der Waals surface area contributed by atoms with Crippen molar-refractivity contribution in [1.82, 2.24) is 10.4 Å². The van der Waals surface area contributed by atoms with Crippen molar-refractivity contribution < 1.29 is 4.79 Å². The van der Waals surface area contributed by atoms with E-state index in [1.54, 1.807) is 12.1 Å². The summed E-state index contributed by atoms with van der Waals surface area (Å²) < 4.78 is 0. The molecule has 82 valence electrons. The highest BCUT2D eigenvalue weighted by Crippen LogP contribution is 2.25. The van der Waals surface area contributed by atoms with Crippen molar-refractivity contribution in [2.24, 2.45) is 5.84 Å². The van der Waals surface area contributed by atoms with Crippen LogP contribution in [-0.4, -0.2) is 10.9 Å². The van der Waals surface area contributed by atoms with Crippen molar-refractivity contribution >= 4 is 28.4 Å². The Morgan fingerprint density at radius 1 is 1.50 bits per heavy atom. The second-order valence-corrected chi connectivity index (χ2v) is 3.87. The number of nitrogens with zero attached hydrogens (tertiary/aromatic N) is 1. The van der Waals surface area contributed by atoms with E-state index >= 15 is 0 Å². The van der Waals surface area contributed by atoms with Crippen molar-refractivity contribution in [3.8, 4) is 0 Å². The summed E-state index contributed by atoms with van der Waals surface area (Å²) >= 11 is 6.05. The van der Waals surface area contributed by atoms with E-state index in [-0.39, 0.29) is 5.91 Å². The van der Waals surface area contributed by atoms with Gasteiger partial charge in [-0.05, 0) is 24.6 Å². The van der Waals surface area contributed by atoms with E-state index in [9.17, 15) is 4.79 Å². The van der Waals surface area contributed by atoms with Gasteiger partial charge in [0.05, 0.1) is 16.1 Å². The Labute approximate surface area is 97.4 Å². The predicted molar refractivity (Wildman–Crippen MR) is 63.1 cm³/mol. The largest absolute Gasteiger partial charge is 0.290 e. The van der Waals surface area contributed by atoms with Gasteiger partial charge in [-0.3, -0.25) is 15.2 Å². The summed E-state index contributed by atoms with van der Waals surface area (Å²) in [6.45, 7) is 1.94. The standard InChI is InChI=1S/C11H10ClN3O/c1-6-2-3-9(12)8-4-7(11(16)15-13)5-14-10(6)8/h2-5H,13H2,1H3,(H,15,16). The van der Waals surface area contributed by atoms with E-state index in [1.165, 1.54) is 6.20 Å². The lowest BCUT2D eigenvalue weighted by molar-refractivity contribution is 0.0953. The number of nitrogens with one attached hydrogen (secondary N) is 1. The first-order valence-corrected chi connectivity index (χ1v) is 5.07. The second-order valence-electron chi connectivity index (χ2n) is 3.46. The minimum Gasteiger partial charge on any atom is -0.290 e.